The summed E-state index contributed by atoms with van der Waals surface area (Å²) in [5.41, 5.74) is 2.02. The number of carbonyl (C=O) groups is 2. The van der Waals surface area contributed by atoms with Gasteiger partial charge in [-0.25, -0.2) is 4.79 Å². The molecule has 0 radical (unpaired) electrons. The summed E-state index contributed by atoms with van der Waals surface area (Å²) in [5.74, 6) is -0.890. The SMILES string of the molecule is COC(=O)C1=C(C)NC2=CC(C)(C)CC(=O)C2C1c1cc(Br)c(C)s1. The minimum Gasteiger partial charge on any atom is -0.466 e. The zero-order valence-corrected chi connectivity index (χ0v) is 17.4. The van der Waals surface area contributed by atoms with Gasteiger partial charge in [-0.3, -0.25) is 4.79 Å². The third-order valence-electron chi connectivity index (χ3n) is 4.83. The molecule has 0 fully saturated rings. The number of carbonyl (C=O) groups excluding carboxylic acids is 2. The maximum atomic E-state index is 13.0. The van der Waals surface area contributed by atoms with Crippen LogP contribution < -0.4 is 5.32 Å². The molecule has 0 spiro atoms. The quantitative estimate of drug-likeness (QED) is 0.713. The summed E-state index contributed by atoms with van der Waals surface area (Å²) in [6, 6.07) is 2.02. The predicted octanol–water partition coefficient (Wildman–Crippen LogP) is 4.45. The second-order valence-electron chi connectivity index (χ2n) is 7.39. The molecule has 2 unspecified atom stereocenters. The number of aryl methyl sites for hydroxylation is 1. The van der Waals surface area contributed by atoms with Crippen LogP contribution in [0.1, 0.15) is 42.9 Å². The van der Waals surface area contributed by atoms with Gasteiger partial charge < -0.3 is 10.1 Å². The smallest absolute Gasteiger partial charge is 0.336 e. The molecule has 2 heterocycles. The highest BCUT2D eigenvalue weighted by Gasteiger charge is 2.46. The highest BCUT2D eigenvalue weighted by atomic mass is 79.9. The molecule has 1 aliphatic carbocycles. The molecule has 4 nitrogen and oxygen atoms in total. The number of nitrogens with one attached hydrogen (secondary N) is 1. The summed E-state index contributed by atoms with van der Waals surface area (Å²) in [4.78, 5) is 27.7. The van der Waals surface area contributed by atoms with Crippen molar-refractivity contribution in [3.63, 3.8) is 0 Å². The van der Waals surface area contributed by atoms with Gasteiger partial charge in [-0.05, 0) is 41.3 Å². The lowest BCUT2D eigenvalue weighted by atomic mass is 9.68. The maximum absolute atomic E-state index is 13.0. The molecule has 134 valence electrons. The molecule has 0 bridgehead atoms. The van der Waals surface area contributed by atoms with E-state index >= 15 is 0 Å². The average Bonchev–Trinajstić information content (AvgIpc) is 2.83. The average molecular weight is 424 g/mol. The number of rotatable bonds is 2. The summed E-state index contributed by atoms with van der Waals surface area (Å²) < 4.78 is 6.03. The Morgan fingerprint density at radius 3 is 2.60 bits per heavy atom. The monoisotopic (exact) mass is 423 g/mol. The maximum Gasteiger partial charge on any atom is 0.336 e. The van der Waals surface area contributed by atoms with E-state index in [1.807, 2.05) is 19.9 Å². The number of hydrogen-bond acceptors (Lipinski definition) is 5. The molecule has 2 aliphatic rings. The molecule has 0 aromatic carbocycles. The molecule has 1 aliphatic heterocycles. The third-order valence-corrected chi connectivity index (χ3v) is 7.05. The van der Waals surface area contributed by atoms with Crippen molar-refractivity contribution in [2.45, 2.75) is 40.0 Å². The standard InChI is InChI=1S/C19H22BrNO3S/c1-9-15(18(23)24-5)17(14-6-11(20)10(2)25-14)16-12(21-9)7-19(3,4)8-13(16)22/h6-7,16-17,21H,8H2,1-5H3. The first-order valence-corrected chi connectivity index (χ1v) is 9.83. The van der Waals surface area contributed by atoms with Crippen LogP contribution in [0.5, 0.6) is 0 Å². The molecule has 0 amide bonds. The largest absolute Gasteiger partial charge is 0.466 e. The zero-order valence-electron chi connectivity index (χ0n) is 15.0. The van der Waals surface area contributed by atoms with E-state index in [0.29, 0.717) is 12.0 Å². The van der Waals surface area contributed by atoms with E-state index in [4.69, 9.17) is 4.74 Å². The number of hydrogen-bond donors (Lipinski definition) is 1. The number of ether oxygens (including phenoxy) is 1. The van der Waals surface area contributed by atoms with Crippen LogP contribution in [0.15, 0.2) is 33.6 Å². The van der Waals surface area contributed by atoms with Crippen molar-refractivity contribution in [3.05, 3.63) is 43.3 Å². The van der Waals surface area contributed by atoms with Crippen LogP contribution in [-0.4, -0.2) is 18.9 Å². The van der Waals surface area contributed by atoms with Gasteiger partial charge in [-0.2, -0.15) is 0 Å². The number of thiophene rings is 1. The molecule has 0 saturated heterocycles. The van der Waals surface area contributed by atoms with Gasteiger partial charge in [-0.15, -0.1) is 11.3 Å². The Morgan fingerprint density at radius 2 is 2.04 bits per heavy atom. The molecule has 1 aromatic heterocycles. The first-order valence-electron chi connectivity index (χ1n) is 8.22. The van der Waals surface area contributed by atoms with Gasteiger partial charge in [0.15, 0.2) is 0 Å². The Hall–Kier alpha value is -1.40. The van der Waals surface area contributed by atoms with E-state index in [2.05, 4.69) is 41.2 Å². The van der Waals surface area contributed by atoms with Crippen LogP contribution in [-0.2, 0) is 14.3 Å². The molecule has 25 heavy (non-hydrogen) atoms. The fraction of sp³-hybridized carbons (Fsp3) is 0.474. The normalized spacial score (nSPS) is 25.2. The molecular formula is C19H22BrNO3S. The fourth-order valence-electron chi connectivity index (χ4n) is 3.79. The lowest BCUT2D eigenvalue weighted by Gasteiger charge is -2.40. The van der Waals surface area contributed by atoms with Gasteiger partial charge in [-0.1, -0.05) is 19.9 Å². The van der Waals surface area contributed by atoms with Gasteiger partial charge in [0.25, 0.3) is 0 Å². The number of fused-ring (bicyclic) bond motifs is 1. The second kappa shape index (κ2) is 6.40. The number of ketones is 1. The van der Waals surface area contributed by atoms with Crippen LogP contribution in [0.2, 0.25) is 0 Å². The summed E-state index contributed by atoms with van der Waals surface area (Å²) in [6.45, 7) is 8.02. The van der Waals surface area contributed by atoms with Crippen LogP contribution in [0.3, 0.4) is 0 Å². The number of methoxy groups -OCH3 is 1. The van der Waals surface area contributed by atoms with Crippen LogP contribution in [0.25, 0.3) is 0 Å². The molecule has 1 N–H and O–H groups in total. The lowest BCUT2D eigenvalue weighted by molar-refractivity contribution is -0.136. The van der Waals surface area contributed by atoms with E-state index in [1.54, 1.807) is 11.3 Å². The topological polar surface area (TPSA) is 55.4 Å². The van der Waals surface area contributed by atoms with Crippen LogP contribution in [0.4, 0.5) is 0 Å². The van der Waals surface area contributed by atoms with E-state index in [0.717, 1.165) is 25.6 Å². The van der Waals surface area contributed by atoms with E-state index in [1.165, 1.54) is 7.11 Å². The van der Waals surface area contributed by atoms with Crippen molar-refractivity contribution in [2.75, 3.05) is 7.11 Å². The van der Waals surface area contributed by atoms with Crippen LogP contribution >= 0.6 is 27.3 Å². The molecule has 1 aromatic rings. The van der Waals surface area contributed by atoms with Crippen molar-refractivity contribution in [1.29, 1.82) is 0 Å². The Balaban J connectivity index is 2.22. The highest BCUT2D eigenvalue weighted by Crippen LogP contribution is 2.49. The molecule has 3 rings (SSSR count). The first-order chi connectivity index (χ1) is 11.6. The van der Waals surface area contributed by atoms with Crippen molar-refractivity contribution < 1.29 is 14.3 Å². The van der Waals surface area contributed by atoms with E-state index in [-0.39, 0.29) is 29.0 Å². The van der Waals surface area contributed by atoms with Crippen LogP contribution in [0, 0.1) is 18.3 Å². The minimum absolute atomic E-state index is 0.163. The Bertz CT molecular complexity index is 799. The predicted molar refractivity (Wildman–Crippen MR) is 102 cm³/mol. The first kappa shape index (κ1) is 18.4. The fourth-order valence-corrected chi connectivity index (χ4v) is 5.50. The second-order valence-corrected chi connectivity index (χ2v) is 9.54. The molecule has 2 atom stereocenters. The third kappa shape index (κ3) is 3.22. The number of Topliss-reactive ketones (excluding diaryl/α,β-unsaturated/α-hetero) is 1. The highest BCUT2D eigenvalue weighted by molar-refractivity contribution is 9.10. The summed E-state index contributed by atoms with van der Waals surface area (Å²) in [5, 5.41) is 3.30. The molecular weight excluding hydrogens is 402 g/mol. The lowest BCUT2D eigenvalue weighted by Crippen LogP contribution is -2.43. The van der Waals surface area contributed by atoms with Crippen molar-refractivity contribution >= 4 is 39.0 Å². The zero-order chi connectivity index (χ0) is 18.5. The summed E-state index contributed by atoms with van der Waals surface area (Å²) in [6.07, 6.45) is 2.61. The number of halogens is 1. The van der Waals surface area contributed by atoms with Crippen molar-refractivity contribution in [3.8, 4) is 0 Å². The summed E-state index contributed by atoms with van der Waals surface area (Å²) in [7, 11) is 1.38. The summed E-state index contributed by atoms with van der Waals surface area (Å²) >= 11 is 5.17. The van der Waals surface area contributed by atoms with Crippen molar-refractivity contribution in [2.24, 2.45) is 11.3 Å². The molecule has 6 heteroatoms. The molecule has 0 saturated carbocycles. The van der Waals surface area contributed by atoms with Gasteiger partial charge in [0, 0.05) is 38.0 Å². The van der Waals surface area contributed by atoms with Gasteiger partial charge >= 0.3 is 5.97 Å². The van der Waals surface area contributed by atoms with Gasteiger partial charge in [0.05, 0.1) is 18.6 Å². The Kier molecular flexibility index (Phi) is 4.71. The number of esters is 1. The van der Waals surface area contributed by atoms with Gasteiger partial charge in [0.2, 0.25) is 0 Å². The minimum atomic E-state index is -0.381. The Morgan fingerprint density at radius 1 is 1.36 bits per heavy atom. The number of allylic oxidation sites excluding steroid dienone is 3. The van der Waals surface area contributed by atoms with E-state index < -0.39 is 0 Å². The Labute approximate surface area is 160 Å². The van der Waals surface area contributed by atoms with Crippen molar-refractivity contribution in [1.82, 2.24) is 5.32 Å². The van der Waals surface area contributed by atoms with E-state index in [9.17, 15) is 9.59 Å². The van der Waals surface area contributed by atoms with Gasteiger partial charge in [0.1, 0.15) is 5.78 Å².